The molecule has 4 nitrogen and oxygen atoms in total. The van der Waals surface area contributed by atoms with Crippen LogP contribution in [0.5, 0.6) is 5.75 Å². The molecule has 1 rings (SSSR count). The second-order valence-corrected chi connectivity index (χ2v) is 5.62. The highest BCUT2D eigenvalue weighted by Gasteiger charge is 2.11. The first-order valence-electron chi connectivity index (χ1n) is 6.77. The van der Waals surface area contributed by atoms with Crippen molar-refractivity contribution in [1.82, 2.24) is 5.32 Å². The van der Waals surface area contributed by atoms with E-state index in [4.69, 9.17) is 16.3 Å². The molecule has 0 radical (unpaired) electrons. The fourth-order valence-corrected chi connectivity index (χ4v) is 1.85. The van der Waals surface area contributed by atoms with Gasteiger partial charge in [0.2, 0.25) is 0 Å². The molecule has 0 heterocycles. The molecule has 0 saturated heterocycles. The molecular formula is C15H22ClNO3. The molecule has 5 heteroatoms. The van der Waals surface area contributed by atoms with Gasteiger partial charge in [0.15, 0.2) is 6.61 Å². The number of aliphatic hydroxyl groups is 1. The Morgan fingerprint density at radius 2 is 2.10 bits per heavy atom. The standard InChI is InChI=1S/C15H22ClNO3/c1-10(2)6-7-17-15(19)9-20-14-5-4-12(16)8-13(14)11(3)18/h4-5,8,10-11,18H,6-7,9H2,1-3H3,(H,17,19). The lowest BCUT2D eigenvalue weighted by Gasteiger charge is -2.14. The van der Waals surface area contributed by atoms with Crippen molar-refractivity contribution >= 4 is 17.5 Å². The maximum Gasteiger partial charge on any atom is 0.257 e. The third-order valence-corrected chi connectivity index (χ3v) is 3.06. The molecule has 0 spiro atoms. The molecule has 1 aromatic rings. The number of carbonyl (C=O) groups excluding carboxylic acids is 1. The molecular weight excluding hydrogens is 278 g/mol. The largest absolute Gasteiger partial charge is 0.483 e. The molecule has 0 aliphatic carbocycles. The number of hydrogen-bond acceptors (Lipinski definition) is 3. The number of aliphatic hydroxyl groups excluding tert-OH is 1. The Bertz CT molecular complexity index is 447. The van der Waals surface area contributed by atoms with Gasteiger partial charge in [0, 0.05) is 17.1 Å². The average Bonchev–Trinajstić information content (AvgIpc) is 2.36. The van der Waals surface area contributed by atoms with Crippen molar-refractivity contribution in [3.8, 4) is 5.75 Å². The second-order valence-electron chi connectivity index (χ2n) is 5.18. The minimum absolute atomic E-state index is 0.0700. The number of benzene rings is 1. The molecule has 0 aromatic heterocycles. The molecule has 1 atom stereocenters. The van der Waals surface area contributed by atoms with Crippen LogP contribution in [0.4, 0.5) is 0 Å². The maximum atomic E-state index is 11.6. The second kappa shape index (κ2) is 8.12. The Kier molecular flexibility index (Phi) is 6.82. The minimum Gasteiger partial charge on any atom is -0.483 e. The smallest absolute Gasteiger partial charge is 0.257 e. The predicted molar refractivity (Wildman–Crippen MR) is 80.0 cm³/mol. The molecule has 112 valence electrons. The van der Waals surface area contributed by atoms with E-state index in [1.807, 2.05) is 0 Å². The number of hydrogen-bond donors (Lipinski definition) is 2. The summed E-state index contributed by atoms with van der Waals surface area (Å²) in [5.74, 6) is 0.856. The highest BCUT2D eigenvalue weighted by atomic mass is 35.5. The summed E-state index contributed by atoms with van der Waals surface area (Å²) >= 11 is 5.88. The topological polar surface area (TPSA) is 58.6 Å². The zero-order chi connectivity index (χ0) is 15.1. The van der Waals surface area contributed by atoms with Gasteiger partial charge in [-0.15, -0.1) is 0 Å². The van der Waals surface area contributed by atoms with Gasteiger partial charge in [-0.2, -0.15) is 0 Å². The maximum absolute atomic E-state index is 11.6. The van der Waals surface area contributed by atoms with Crippen LogP contribution in [0.25, 0.3) is 0 Å². The van der Waals surface area contributed by atoms with Crippen LogP contribution in [-0.4, -0.2) is 24.2 Å². The van der Waals surface area contributed by atoms with E-state index < -0.39 is 6.10 Å². The van der Waals surface area contributed by atoms with Gasteiger partial charge in [0.05, 0.1) is 6.10 Å². The van der Waals surface area contributed by atoms with Gasteiger partial charge < -0.3 is 15.2 Å². The van der Waals surface area contributed by atoms with Crippen LogP contribution in [0, 0.1) is 5.92 Å². The van der Waals surface area contributed by atoms with E-state index in [1.54, 1.807) is 25.1 Å². The Morgan fingerprint density at radius 1 is 1.40 bits per heavy atom. The van der Waals surface area contributed by atoms with Crippen LogP contribution in [0.15, 0.2) is 18.2 Å². The van der Waals surface area contributed by atoms with Crippen molar-refractivity contribution in [1.29, 1.82) is 0 Å². The van der Waals surface area contributed by atoms with E-state index in [-0.39, 0.29) is 12.5 Å². The van der Waals surface area contributed by atoms with Crippen molar-refractivity contribution in [2.75, 3.05) is 13.2 Å². The summed E-state index contributed by atoms with van der Waals surface area (Å²) in [6, 6.07) is 4.96. The summed E-state index contributed by atoms with van der Waals surface area (Å²) in [6.07, 6.45) is 0.235. The lowest BCUT2D eigenvalue weighted by atomic mass is 10.1. The van der Waals surface area contributed by atoms with Crippen LogP contribution in [0.1, 0.15) is 38.9 Å². The minimum atomic E-state index is -0.701. The van der Waals surface area contributed by atoms with Gasteiger partial charge in [-0.05, 0) is 37.5 Å². The van der Waals surface area contributed by atoms with Crippen molar-refractivity contribution < 1.29 is 14.6 Å². The van der Waals surface area contributed by atoms with Gasteiger partial charge in [0.1, 0.15) is 5.75 Å². The van der Waals surface area contributed by atoms with E-state index in [2.05, 4.69) is 19.2 Å². The monoisotopic (exact) mass is 299 g/mol. The number of halogens is 1. The normalized spacial score (nSPS) is 12.3. The van der Waals surface area contributed by atoms with Gasteiger partial charge >= 0.3 is 0 Å². The van der Waals surface area contributed by atoms with E-state index in [9.17, 15) is 9.90 Å². The zero-order valence-corrected chi connectivity index (χ0v) is 12.9. The first kappa shape index (κ1) is 16.8. The summed E-state index contributed by atoms with van der Waals surface area (Å²) in [7, 11) is 0. The highest BCUT2D eigenvalue weighted by Crippen LogP contribution is 2.28. The van der Waals surface area contributed by atoms with E-state index in [1.165, 1.54) is 0 Å². The molecule has 0 aliphatic rings. The van der Waals surface area contributed by atoms with E-state index in [0.29, 0.717) is 28.8 Å². The first-order chi connectivity index (χ1) is 9.40. The highest BCUT2D eigenvalue weighted by molar-refractivity contribution is 6.30. The summed E-state index contributed by atoms with van der Waals surface area (Å²) in [5, 5.41) is 13.0. The molecule has 2 N–H and O–H groups in total. The Labute approximate surface area is 125 Å². The molecule has 1 aromatic carbocycles. The lowest BCUT2D eigenvalue weighted by Crippen LogP contribution is -2.30. The van der Waals surface area contributed by atoms with Gasteiger partial charge in [-0.1, -0.05) is 25.4 Å². The van der Waals surface area contributed by atoms with E-state index >= 15 is 0 Å². The molecule has 0 aliphatic heterocycles. The van der Waals surface area contributed by atoms with Crippen LogP contribution in [0.2, 0.25) is 5.02 Å². The molecule has 1 amide bonds. The van der Waals surface area contributed by atoms with Gasteiger partial charge in [0.25, 0.3) is 5.91 Å². The van der Waals surface area contributed by atoms with Crippen molar-refractivity contribution in [3.63, 3.8) is 0 Å². The average molecular weight is 300 g/mol. The molecule has 0 fully saturated rings. The number of rotatable bonds is 7. The third-order valence-electron chi connectivity index (χ3n) is 2.82. The summed E-state index contributed by atoms with van der Waals surface area (Å²) < 4.78 is 5.44. The quantitative estimate of drug-likeness (QED) is 0.814. The van der Waals surface area contributed by atoms with E-state index in [0.717, 1.165) is 6.42 Å². The number of ether oxygens (including phenoxy) is 1. The number of amides is 1. The molecule has 20 heavy (non-hydrogen) atoms. The Hall–Kier alpha value is -1.26. The van der Waals surface area contributed by atoms with Crippen molar-refractivity contribution in [2.45, 2.75) is 33.3 Å². The zero-order valence-electron chi connectivity index (χ0n) is 12.1. The van der Waals surface area contributed by atoms with Crippen molar-refractivity contribution in [3.05, 3.63) is 28.8 Å². The fraction of sp³-hybridized carbons (Fsp3) is 0.533. The third kappa shape index (κ3) is 5.80. The van der Waals surface area contributed by atoms with Crippen LogP contribution >= 0.6 is 11.6 Å². The van der Waals surface area contributed by atoms with Gasteiger partial charge in [-0.3, -0.25) is 4.79 Å². The van der Waals surface area contributed by atoms with Crippen molar-refractivity contribution in [2.24, 2.45) is 5.92 Å². The summed E-state index contributed by atoms with van der Waals surface area (Å²) in [4.78, 5) is 11.6. The Balaban J connectivity index is 2.51. The number of carbonyl (C=O) groups is 1. The molecule has 0 saturated carbocycles. The van der Waals surface area contributed by atoms with Crippen LogP contribution < -0.4 is 10.1 Å². The first-order valence-corrected chi connectivity index (χ1v) is 7.15. The lowest BCUT2D eigenvalue weighted by molar-refractivity contribution is -0.123. The molecule has 0 bridgehead atoms. The Morgan fingerprint density at radius 3 is 2.70 bits per heavy atom. The molecule has 1 unspecified atom stereocenters. The van der Waals surface area contributed by atoms with Gasteiger partial charge in [-0.25, -0.2) is 0 Å². The predicted octanol–water partition coefficient (Wildman–Crippen LogP) is 2.93. The summed E-state index contributed by atoms with van der Waals surface area (Å²) in [6.45, 7) is 6.40. The SMILES string of the molecule is CC(C)CCNC(=O)COc1ccc(Cl)cc1C(C)O. The van der Waals surface area contributed by atoms with Crippen LogP contribution in [-0.2, 0) is 4.79 Å². The summed E-state index contributed by atoms with van der Waals surface area (Å²) in [5.41, 5.74) is 0.576. The van der Waals surface area contributed by atoms with Crippen LogP contribution in [0.3, 0.4) is 0 Å². The fourth-order valence-electron chi connectivity index (χ4n) is 1.67. The number of nitrogens with one attached hydrogen (secondary N) is 1.